The fourth-order valence-corrected chi connectivity index (χ4v) is 3.30. The van der Waals surface area contributed by atoms with Gasteiger partial charge in [-0.25, -0.2) is 0 Å². The van der Waals surface area contributed by atoms with Crippen molar-refractivity contribution in [1.82, 2.24) is 0 Å². The first-order chi connectivity index (χ1) is 11.9. The molecule has 0 spiro atoms. The maximum Gasteiger partial charge on any atom is 0.356 e. The molecule has 0 fully saturated rings. The number of rotatable bonds is 8. The number of ether oxygens (including phenoxy) is 1. The number of nitrogens with one attached hydrogen (secondary N) is 1. The molecule has 1 aromatic carbocycles. The first kappa shape index (κ1) is 22.4. The van der Waals surface area contributed by atoms with E-state index >= 15 is 0 Å². The molecular formula is C18H28NO6P. The molecule has 26 heavy (non-hydrogen) atoms. The van der Waals surface area contributed by atoms with Gasteiger partial charge in [0.1, 0.15) is 0 Å². The van der Waals surface area contributed by atoms with E-state index in [0.717, 1.165) is 0 Å². The molecule has 0 radical (unpaired) electrons. The van der Waals surface area contributed by atoms with Crippen LogP contribution in [0.4, 0.5) is 5.69 Å². The molecule has 0 bridgehead atoms. The molecule has 0 saturated carbocycles. The lowest BCUT2D eigenvalue weighted by Crippen LogP contribution is -2.40. The molecule has 1 unspecified atom stereocenters. The number of hydrogen-bond acceptors (Lipinski definition) is 4. The van der Waals surface area contributed by atoms with Crippen LogP contribution in [-0.2, 0) is 18.9 Å². The van der Waals surface area contributed by atoms with Crippen molar-refractivity contribution in [2.45, 2.75) is 47.5 Å². The SMILES string of the molecule is CCOC(=O)C(C)(C)CC(C)(CC)C(=O)Nc1ccc(P(=O)(O)O)cc1. The minimum absolute atomic E-state index is 0.114. The molecule has 7 nitrogen and oxygen atoms in total. The molecular weight excluding hydrogens is 357 g/mol. The predicted molar refractivity (Wildman–Crippen MR) is 100 cm³/mol. The van der Waals surface area contributed by atoms with Crippen molar-refractivity contribution in [2.24, 2.45) is 10.8 Å². The van der Waals surface area contributed by atoms with Gasteiger partial charge in [0.05, 0.1) is 17.3 Å². The zero-order chi connectivity index (χ0) is 20.2. The second-order valence-electron chi connectivity index (χ2n) is 7.24. The zero-order valence-electron chi connectivity index (χ0n) is 15.9. The largest absolute Gasteiger partial charge is 0.466 e. The minimum atomic E-state index is -4.32. The molecule has 8 heteroatoms. The number of anilines is 1. The number of benzene rings is 1. The van der Waals surface area contributed by atoms with Crippen LogP contribution in [0.2, 0.25) is 0 Å². The van der Waals surface area contributed by atoms with Crippen LogP contribution in [-0.4, -0.2) is 28.3 Å². The summed E-state index contributed by atoms with van der Waals surface area (Å²) in [6.45, 7) is 9.18. The van der Waals surface area contributed by atoms with Crippen molar-refractivity contribution >= 4 is 30.5 Å². The highest BCUT2D eigenvalue weighted by Gasteiger charge is 2.41. The van der Waals surface area contributed by atoms with E-state index in [4.69, 9.17) is 14.5 Å². The van der Waals surface area contributed by atoms with Crippen molar-refractivity contribution < 1.29 is 28.7 Å². The number of amides is 1. The number of carbonyl (C=O) groups excluding carboxylic acids is 2. The molecule has 0 saturated heterocycles. The first-order valence-corrected chi connectivity index (χ1v) is 10.1. The summed E-state index contributed by atoms with van der Waals surface area (Å²) >= 11 is 0. The number of esters is 1. The summed E-state index contributed by atoms with van der Waals surface area (Å²) < 4.78 is 16.3. The van der Waals surface area contributed by atoms with Gasteiger partial charge in [-0.1, -0.05) is 13.8 Å². The van der Waals surface area contributed by atoms with Crippen molar-refractivity contribution in [3.05, 3.63) is 24.3 Å². The molecule has 146 valence electrons. The Bertz CT molecular complexity index is 694. The summed E-state index contributed by atoms with van der Waals surface area (Å²) in [6.07, 6.45) is 0.823. The Labute approximate surface area is 154 Å². The second kappa shape index (κ2) is 8.33. The lowest BCUT2D eigenvalue weighted by Gasteiger charge is -2.34. The third-order valence-electron chi connectivity index (χ3n) is 4.45. The van der Waals surface area contributed by atoms with Gasteiger partial charge in [-0.15, -0.1) is 0 Å². The van der Waals surface area contributed by atoms with Crippen LogP contribution in [0.15, 0.2) is 24.3 Å². The normalized spacial score (nSPS) is 14.4. The lowest BCUT2D eigenvalue weighted by atomic mass is 9.71. The number of hydrogen-bond donors (Lipinski definition) is 3. The van der Waals surface area contributed by atoms with Gasteiger partial charge in [0.15, 0.2) is 0 Å². The van der Waals surface area contributed by atoms with Gasteiger partial charge >= 0.3 is 13.6 Å². The van der Waals surface area contributed by atoms with Crippen LogP contribution in [0, 0.1) is 10.8 Å². The highest BCUT2D eigenvalue weighted by atomic mass is 31.2. The molecule has 0 aromatic heterocycles. The van der Waals surface area contributed by atoms with E-state index < -0.39 is 18.4 Å². The van der Waals surface area contributed by atoms with Crippen molar-refractivity contribution in [1.29, 1.82) is 0 Å². The highest BCUT2D eigenvalue weighted by Crippen LogP contribution is 2.38. The first-order valence-electron chi connectivity index (χ1n) is 8.50. The van der Waals surface area contributed by atoms with Gasteiger partial charge in [-0.2, -0.15) is 0 Å². The summed E-state index contributed by atoms with van der Waals surface area (Å²) in [5, 5.41) is 2.65. The standard InChI is InChI=1S/C18H28NO6P/c1-6-18(5,12-17(3,4)16(21)25-7-2)15(20)19-13-8-10-14(11-9-13)26(22,23)24/h8-11H,6-7,12H2,1-5H3,(H,19,20)(H2,22,23,24). The van der Waals surface area contributed by atoms with Gasteiger partial charge in [0.2, 0.25) is 5.91 Å². The van der Waals surface area contributed by atoms with Crippen molar-refractivity contribution in [3.63, 3.8) is 0 Å². The van der Waals surface area contributed by atoms with E-state index in [1.54, 1.807) is 27.7 Å². The Morgan fingerprint density at radius 2 is 1.65 bits per heavy atom. The van der Waals surface area contributed by atoms with E-state index in [1.165, 1.54) is 24.3 Å². The average molecular weight is 385 g/mol. The topological polar surface area (TPSA) is 113 Å². The van der Waals surface area contributed by atoms with Crippen molar-refractivity contribution in [2.75, 3.05) is 11.9 Å². The Kier molecular flexibility index (Phi) is 7.17. The van der Waals surface area contributed by atoms with Gasteiger partial charge in [-0.05, 0) is 57.9 Å². The van der Waals surface area contributed by atoms with Crippen LogP contribution < -0.4 is 10.6 Å². The summed E-state index contributed by atoms with van der Waals surface area (Å²) in [4.78, 5) is 43.2. The molecule has 1 aromatic rings. The van der Waals surface area contributed by atoms with Gasteiger partial charge in [-0.3, -0.25) is 14.2 Å². The third kappa shape index (κ3) is 5.66. The Morgan fingerprint density at radius 3 is 2.08 bits per heavy atom. The Balaban J connectivity index is 2.94. The monoisotopic (exact) mass is 385 g/mol. The summed E-state index contributed by atoms with van der Waals surface area (Å²) in [6, 6.07) is 5.45. The van der Waals surface area contributed by atoms with Crippen LogP contribution >= 0.6 is 7.60 Å². The average Bonchev–Trinajstić information content (AvgIpc) is 2.54. The molecule has 0 aliphatic rings. The van der Waals surface area contributed by atoms with E-state index in [-0.39, 0.29) is 23.8 Å². The predicted octanol–water partition coefficient (Wildman–Crippen LogP) is 2.82. The van der Waals surface area contributed by atoms with Crippen LogP contribution in [0.25, 0.3) is 0 Å². The maximum atomic E-state index is 12.8. The summed E-state index contributed by atoms with van der Waals surface area (Å²) in [7, 11) is -4.32. The number of carbonyl (C=O) groups is 2. The highest BCUT2D eigenvalue weighted by molar-refractivity contribution is 7.60. The quantitative estimate of drug-likeness (QED) is 0.468. The van der Waals surface area contributed by atoms with Crippen LogP contribution in [0.3, 0.4) is 0 Å². The summed E-state index contributed by atoms with van der Waals surface area (Å²) in [5.74, 6) is -0.611. The molecule has 0 heterocycles. The van der Waals surface area contributed by atoms with Crippen LogP contribution in [0.5, 0.6) is 0 Å². The molecule has 0 aliphatic carbocycles. The van der Waals surface area contributed by atoms with E-state index in [0.29, 0.717) is 18.5 Å². The zero-order valence-corrected chi connectivity index (χ0v) is 16.8. The van der Waals surface area contributed by atoms with E-state index in [9.17, 15) is 14.2 Å². The molecule has 3 N–H and O–H groups in total. The molecule has 1 atom stereocenters. The lowest BCUT2D eigenvalue weighted by molar-refractivity contribution is -0.156. The second-order valence-corrected chi connectivity index (χ2v) is 8.84. The Morgan fingerprint density at radius 1 is 1.12 bits per heavy atom. The van der Waals surface area contributed by atoms with Gasteiger partial charge < -0.3 is 19.8 Å². The van der Waals surface area contributed by atoms with Crippen LogP contribution in [0.1, 0.15) is 47.5 Å². The van der Waals surface area contributed by atoms with Gasteiger partial charge in [0.25, 0.3) is 0 Å². The fraction of sp³-hybridized carbons (Fsp3) is 0.556. The Hall–Kier alpha value is -1.69. The fourth-order valence-electron chi connectivity index (χ4n) is 2.76. The molecule has 0 aliphatic heterocycles. The maximum absolute atomic E-state index is 12.8. The van der Waals surface area contributed by atoms with Gasteiger partial charge in [0, 0.05) is 11.1 Å². The molecule has 1 amide bonds. The summed E-state index contributed by atoms with van der Waals surface area (Å²) in [5.41, 5.74) is -1.19. The smallest absolute Gasteiger partial charge is 0.356 e. The van der Waals surface area contributed by atoms with Crippen molar-refractivity contribution in [3.8, 4) is 0 Å². The van der Waals surface area contributed by atoms with E-state index in [1.807, 2.05) is 6.92 Å². The van der Waals surface area contributed by atoms with E-state index in [2.05, 4.69) is 5.32 Å². The minimum Gasteiger partial charge on any atom is -0.466 e. The third-order valence-corrected chi connectivity index (χ3v) is 5.42. The molecule has 1 rings (SSSR count).